The lowest BCUT2D eigenvalue weighted by Gasteiger charge is -2.20. The van der Waals surface area contributed by atoms with E-state index < -0.39 is 11.9 Å². The van der Waals surface area contributed by atoms with Crippen LogP contribution in [0.5, 0.6) is 0 Å². The number of amides is 2. The van der Waals surface area contributed by atoms with E-state index in [-0.39, 0.29) is 11.8 Å². The molecule has 0 saturated heterocycles. The van der Waals surface area contributed by atoms with Crippen LogP contribution in [-0.2, 0) is 0 Å². The molecule has 160 valence electrons. The Balaban J connectivity index is 1.74. The number of benzene rings is 2. The van der Waals surface area contributed by atoms with Gasteiger partial charge in [0.1, 0.15) is 12.1 Å². The van der Waals surface area contributed by atoms with E-state index in [0.29, 0.717) is 38.5 Å². The number of fused-ring (bicyclic) bond motifs is 2. The van der Waals surface area contributed by atoms with E-state index in [4.69, 9.17) is 11.6 Å². The SMILES string of the molecule is CN(C)C(=O)c1cc(-c2ccc3ncnn3c2)cc2c1C(c1cc(F)ccc1Cl)NC2=O. The van der Waals surface area contributed by atoms with Crippen molar-refractivity contribution in [3.05, 3.63) is 88.1 Å². The summed E-state index contributed by atoms with van der Waals surface area (Å²) in [6.45, 7) is 0. The van der Waals surface area contributed by atoms with Crippen LogP contribution in [0.2, 0.25) is 5.02 Å². The summed E-state index contributed by atoms with van der Waals surface area (Å²) in [5.74, 6) is -1.12. The summed E-state index contributed by atoms with van der Waals surface area (Å²) in [4.78, 5) is 31.7. The summed E-state index contributed by atoms with van der Waals surface area (Å²) in [5.41, 5.74) is 3.67. The maximum absolute atomic E-state index is 14.0. The number of nitrogens with zero attached hydrogens (tertiary/aromatic N) is 4. The number of hydrogen-bond acceptors (Lipinski definition) is 4. The molecule has 1 unspecified atom stereocenters. The maximum atomic E-state index is 14.0. The second-order valence-electron chi connectivity index (χ2n) is 7.74. The van der Waals surface area contributed by atoms with Crippen molar-refractivity contribution in [2.75, 3.05) is 14.1 Å². The van der Waals surface area contributed by atoms with E-state index in [2.05, 4.69) is 15.4 Å². The molecule has 3 heterocycles. The third-order valence-corrected chi connectivity index (χ3v) is 5.85. The molecule has 0 bridgehead atoms. The second-order valence-corrected chi connectivity index (χ2v) is 8.14. The molecular weight excluding hydrogens is 433 g/mol. The molecule has 2 aromatic carbocycles. The third kappa shape index (κ3) is 3.20. The molecule has 0 spiro atoms. The number of hydrogen-bond donors (Lipinski definition) is 1. The Morgan fingerprint density at radius 2 is 1.97 bits per heavy atom. The summed E-state index contributed by atoms with van der Waals surface area (Å²) in [6, 6.07) is 10.3. The van der Waals surface area contributed by atoms with Crippen molar-refractivity contribution in [2.24, 2.45) is 0 Å². The van der Waals surface area contributed by atoms with Crippen molar-refractivity contribution in [3.8, 4) is 11.1 Å². The Morgan fingerprint density at radius 1 is 1.16 bits per heavy atom. The van der Waals surface area contributed by atoms with Crippen LogP contribution < -0.4 is 5.32 Å². The molecule has 1 atom stereocenters. The molecule has 0 fully saturated rings. The zero-order valence-corrected chi connectivity index (χ0v) is 17.9. The van der Waals surface area contributed by atoms with Gasteiger partial charge in [-0.05, 0) is 48.0 Å². The molecule has 2 aromatic heterocycles. The highest BCUT2D eigenvalue weighted by Gasteiger charge is 2.36. The highest BCUT2D eigenvalue weighted by atomic mass is 35.5. The normalized spacial score (nSPS) is 15.0. The van der Waals surface area contributed by atoms with E-state index in [1.165, 1.54) is 29.4 Å². The number of halogens is 2. The summed E-state index contributed by atoms with van der Waals surface area (Å²) in [7, 11) is 3.27. The number of rotatable bonds is 3. The average Bonchev–Trinajstić information content (AvgIpc) is 3.38. The first-order chi connectivity index (χ1) is 15.3. The van der Waals surface area contributed by atoms with Gasteiger partial charge < -0.3 is 10.2 Å². The van der Waals surface area contributed by atoms with Crippen molar-refractivity contribution < 1.29 is 14.0 Å². The van der Waals surface area contributed by atoms with Gasteiger partial charge in [0.25, 0.3) is 11.8 Å². The van der Waals surface area contributed by atoms with Crippen LogP contribution in [0.15, 0.2) is 55.0 Å². The standard InChI is InChI=1S/C23H17ClFN5O2/c1-29(2)23(32)17-8-13(12-3-6-19-26-11-27-30(19)10-12)7-16-20(17)21(28-22(16)31)15-9-14(25)4-5-18(15)24/h3-11,21H,1-2H3,(H,28,31). The Kier molecular flexibility index (Phi) is 4.67. The smallest absolute Gasteiger partial charge is 0.253 e. The molecule has 7 nitrogen and oxygen atoms in total. The molecule has 4 aromatic rings. The van der Waals surface area contributed by atoms with E-state index in [0.717, 1.165) is 5.56 Å². The lowest BCUT2D eigenvalue weighted by Crippen LogP contribution is -2.25. The number of nitrogens with one attached hydrogen (secondary N) is 1. The Hall–Kier alpha value is -3.78. The first-order valence-electron chi connectivity index (χ1n) is 9.78. The predicted octanol–water partition coefficient (Wildman–Crippen LogP) is 3.72. The van der Waals surface area contributed by atoms with Gasteiger partial charge >= 0.3 is 0 Å². The van der Waals surface area contributed by atoms with Crippen LogP contribution >= 0.6 is 11.6 Å². The fourth-order valence-electron chi connectivity index (χ4n) is 3.97. The fourth-order valence-corrected chi connectivity index (χ4v) is 4.20. The van der Waals surface area contributed by atoms with E-state index in [9.17, 15) is 14.0 Å². The zero-order valence-electron chi connectivity index (χ0n) is 17.1. The van der Waals surface area contributed by atoms with E-state index in [1.54, 1.807) is 43.0 Å². The molecule has 9 heteroatoms. The molecule has 5 rings (SSSR count). The second kappa shape index (κ2) is 7.42. The minimum absolute atomic E-state index is 0.279. The van der Waals surface area contributed by atoms with Gasteiger partial charge in [-0.15, -0.1) is 0 Å². The van der Waals surface area contributed by atoms with Crippen molar-refractivity contribution >= 4 is 29.1 Å². The Labute approximate surface area is 187 Å². The summed E-state index contributed by atoms with van der Waals surface area (Å²) in [6.07, 6.45) is 3.23. The maximum Gasteiger partial charge on any atom is 0.253 e. The molecule has 0 radical (unpaired) electrons. The molecule has 32 heavy (non-hydrogen) atoms. The molecule has 2 amide bonds. The summed E-state index contributed by atoms with van der Waals surface area (Å²) < 4.78 is 15.6. The van der Waals surface area contributed by atoms with Crippen molar-refractivity contribution in [3.63, 3.8) is 0 Å². The topological polar surface area (TPSA) is 79.6 Å². The number of pyridine rings is 1. The van der Waals surface area contributed by atoms with E-state index in [1.807, 2.05) is 6.07 Å². The first kappa shape index (κ1) is 20.1. The van der Waals surface area contributed by atoms with Crippen LogP contribution in [0.3, 0.4) is 0 Å². The highest BCUT2D eigenvalue weighted by molar-refractivity contribution is 6.31. The molecule has 0 aliphatic carbocycles. The molecular formula is C23H17ClFN5O2. The van der Waals surface area contributed by atoms with Gasteiger partial charge in [0, 0.05) is 53.1 Å². The van der Waals surface area contributed by atoms with Crippen molar-refractivity contribution in [2.45, 2.75) is 6.04 Å². The summed E-state index contributed by atoms with van der Waals surface area (Å²) in [5, 5.41) is 7.30. The highest BCUT2D eigenvalue weighted by Crippen LogP contribution is 2.39. The van der Waals surface area contributed by atoms with Gasteiger partial charge in [0.2, 0.25) is 0 Å². The number of carbonyl (C=O) groups excluding carboxylic acids is 2. The molecule has 0 saturated carbocycles. The minimum Gasteiger partial charge on any atom is -0.345 e. The van der Waals surface area contributed by atoms with Crippen LogP contribution in [0.25, 0.3) is 16.8 Å². The zero-order chi connectivity index (χ0) is 22.6. The molecule has 1 aliphatic rings. The molecule has 1 N–H and O–H groups in total. The van der Waals surface area contributed by atoms with Gasteiger partial charge in [-0.3, -0.25) is 9.59 Å². The average molecular weight is 450 g/mol. The number of carbonyl (C=O) groups is 2. The summed E-state index contributed by atoms with van der Waals surface area (Å²) >= 11 is 6.33. The van der Waals surface area contributed by atoms with Gasteiger partial charge in [-0.2, -0.15) is 5.10 Å². The fraction of sp³-hybridized carbons (Fsp3) is 0.130. The Morgan fingerprint density at radius 3 is 2.75 bits per heavy atom. The quantitative estimate of drug-likeness (QED) is 0.517. The first-order valence-corrected chi connectivity index (χ1v) is 10.2. The van der Waals surface area contributed by atoms with Crippen LogP contribution in [0.1, 0.15) is 37.9 Å². The third-order valence-electron chi connectivity index (χ3n) is 5.50. The van der Waals surface area contributed by atoms with Gasteiger partial charge in [0.15, 0.2) is 5.65 Å². The van der Waals surface area contributed by atoms with Gasteiger partial charge in [0.05, 0.1) is 6.04 Å². The largest absolute Gasteiger partial charge is 0.345 e. The van der Waals surface area contributed by atoms with Crippen LogP contribution in [0.4, 0.5) is 4.39 Å². The number of aromatic nitrogens is 3. The van der Waals surface area contributed by atoms with Crippen molar-refractivity contribution in [1.82, 2.24) is 24.8 Å². The van der Waals surface area contributed by atoms with Crippen molar-refractivity contribution in [1.29, 1.82) is 0 Å². The van der Waals surface area contributed by atoms with Crippen LogP contribution in [0, 0.1) is 5.82 Å². The monoisotopic (exact) mass is 449 g/mol. The van der Waals surface area contributed by atoms with Gasteiger partial charge in [-0.1, -0.05) is 11.6 Å². The predicted molar refractivity (Wildman–Crippen MR) is 117 cm³/mol. The van der Waals surface area contributed by atoms with Gasteiger partial charge in [-0.25, -0.2) is 13.9 Å². The Bertz CT molecular complexity index is 1420. The lowest BCUT2D eigenvalue weighted by atomic mass is 9.89. The minimum atomic E-state index is -0.744. The lowest BCUT2D eigenvalue weighted by molar-refractivity contribution is 0.0826. The molecule has 1 aliphatic heterocycles. The van der Waals surface area contributed by atoms with E-state index >= 15 is 0 Å². The van der Waals surface area contributed by atoms with Crippen LogP contribution in [-0.4, -0.2) is 45.4 Å².